The SMILES string of the molecule is Fc1ccc(CNCc2cc(Cl)c3c(c2)OCO3)c(F)c1. The molecule has 1 aliphatic heterocycles. The summed E-state index contributed by atoms with van der Waals surface area (Å²) in [4.78, 5) is 0. The van der Waals surface area contributed by atoms with Crippen molar-refractivity contribution >= 4 is 11.6 Å². The highest BCUT2D eigenvalue weighted by atomic mass is 35.5. The number of fused-ring (bicyclic) bond motifs is 1. The summed E-state index contributed by atoms with van der Waals surface area (Å²) in [6.07, 6.45) is 0. The van der Waals surface area contributed by atoms with Crippen LogP contribution < -0.4 is 14.8 Å². The van der Waals surface area contributed by atoms with Crippen LogP contribution in [0.1, 0.15) is 11.1 Å². The zero-order valence-electron chi connectivity index (χ0n) is 11.0. The molecular weight excluding hydrogens is 300 g/mol. The fourth-order valence-electron chi connectivity index (χ4n) is 2.13. The largest absolute Gasteiger partial charge is 0.454 e. The quantitative estimate of drug-likeness (QED) is 0.935. The van der Waals surface area contributed by atoms with Gasteiger partial charge in [-0.05, 0) is 23.8 Å². The summed E-state index contributed by atoms with van der Waals surface area (Å²) in [5.74, 6) is 0.00211. The number of nitrogens with one attached hydrogen (secondary N) is 1. The molecule has 2 aromatic rings. The number of rotatable bonds is 4. The summed E-state index contributed by atoms with van der Waals surface area (Å²) in [5, 5.41) is 3.56. The van der Waals surface area contributed by atoms with Crippen LogP contribution in [0.15, 0.2) is 30.3 Å². The summed E-state index contributed by atoms with van der Waals surface area (Å²) in [5.41, 5.74) is 1.30. The maximum atomic E-state index is 13.5. The van der Waals surface area contributed by atoms with E-state index >= 15 is 0 Å². The Morgan fingerprint density at radius 2 is 1.95 bits per heavy atom. The Bertz CT molecular complexity index is 679. The van der Waals surface area contributed by atoms with E-state index in [0.717, 1.165) is 11.6 Å². The van der Waals surface area contributed by atoms with E-state index < -0.39 is 11.6 Å². The van der Waals surface area contributed by atoms with Crippen molar-refractivity contribution in [3.05, 3.63) is 58.1 Å². The van der Waals surface area contributed by atoms with E-state index in [1.54, 1.807) is 6.07 Å². The minimum absolute atomic E-state index is 0.159. The van der Waals surface area contributed by atoms with Gasteiger partial charge in [0.1, 0.15) is 11.6 Å². The zero-order chi connectivity index (χ0) is 14.8. The molecule has 0 amide bonds. The van der Waals surface area contributed by atoms with Crippen LogP contribution in [-0.2, 0) is 13.1 Å². The first-order chi connectivity index (χ1) is 10.1. The zero-order valence-corrected chi connectivity index (χ0v) is 11.7. The monoisotopic (exact) mass is 311 g/mol. The van der Waals surface area contributed by atoms with Gasteiger partial charge in [0.15, 0.2) is 11.5 Å². The first-order valence-electron chi connectivity index (χ1n) is 6.36. The number of benzene rings is 2. The molecule has 0 spiro atoms. The molecule has 3 nitrogen and oxygen atoms in total. The highest BCUT2D eigenvalue weighted by Crippen LogP contribution is 2.39. The first kappa shape index (κ1) is 14.1. The van der Waals surface area contributed by atoms with Gasteiger partial charge in [0.25, 0.3) is 0 Å². The summed E-state index contributed by atoms with van der Waals surface area (Å²) >= 11 is 6.08. The summed E-state index contributed by atoms with van der Waals surface area (Å²) in [6, 6.07) is 7.11. The van der Waals surface area contributed by atoms with Crippen molar-refractivity contribution in [2.24, 2.45) is 0 Å². The van der Waals surface area contributed by atoms with Crippen LogP contribution in [0, 0.1) is 11.6 Å². The third-order valence-corrected chi connectivity index (χ3v) is 3.43. The molecule has 0 atom stereocenters. The lowest BCUT2D eigenvalue weighted by molar-refractivity contribution is 0.174. The molecule has 0 radical (unpaired) electrons. The van der Waals surface area contributed by atoms with E-state index in [2.05, 4.69) is 5.32 Å². The number of halogens is 3. The fourth-order valence-corrected chi connectivity index (χ4v) is 2.42. The van der Waals surface area contributed by atoms with Crippen LogP contribution in [-0.4, -0.2) is 6.79 Å². The molecule has 0 fully saturated rings. The second-order valence-corrected chi connectivity index (χ2v) is 5.06. The maximum Gasteiger partial charge on any atom is 0.231 e. The number of hydrogen-bond donors (Lipinski definition) is 1. The van der Waals surface area contributed by atoms with E-state index in [-0.39, 0.29) is 13.3 Å². The molecule has 1 N–H and O–H groups in total. The van der Waals surface area contributed by atoms with Crippen molar-refractivity contribution < 1.29 is 18.3 Å². The van der Waals surface area contributed by atoms with Gasteiger partial charge in [0.2, 0.25) is 6.79 Å². The predicted molar refractivity (Wildman–Crippen MR) is 74.5 cm³/mol. The van der Waals surface area contributed by atoms with E-state index in [1.807, 2.05) is 6.07 Å². The normalized spacial score (nSPS) is 12.7. The summed E-state index contributed by atoms with van der Waals surface area (Å²) in [7, 11) is 0. The molecule has 21 heavy (non-hydrogen) atoms. The molecule has 0 aliphatic carbocycles. The van der Waals surface area contributed by atoms with Crippen molar-refractivity contribution in [2.75, 3.05) is 6.79 Å². The van der Waals surface area contributed by atoms with Crippen molar-refractivity contribution in [3.63, 3.8) is 0 Å². The van der Waals surface area contributed by atoms with Crippen LogP contribution in [0.4, 0.5) is 8.78 Å². The Labute approximate surface area is 125 Å². The second-order valence-electron chi connectivity index (χ2n) is 4.65. The minimum Gasteiger partial charge on any atom is -0.454 e. The molecule has 0 saturated heterocycles. The van der Waals surface area contributed by atoms with Gasteiger partial charge >= 0.3 is 0 Å². The molecule has 1 heterocycles. The molecule has 6 heteroatoms. The highest BCUT2D eigenvalue weighted by Gasteiger charge is 2.18. The van der Waals surface area contributed by atoms with Crippen molar-refractivity contribution in [1.29, 1.82) is 0 Å². The van der Waals surface area contributed by atoms with Gasteiger partial charge in [-0.3, -0.25) is 0 Å². The molecule has 0 bridgehead atoms. The smallest absolute Gasteiger partial charge is 0.231 e. The molecular formula is C15H12ClF2NO2. The van der Waals surface area contributed by atoms with Crippen LogP contribution in [0.5, 0.6) is 11.5 Å². The van der Waals surface area contributed by atoms with Gasteiger partial charge in [-0.2, -0.15) is 0 Å². The van der Waals surface area contributed by atoms with Crippen LogP contribution in [0.25, 0.3) is 0 Å². The molecule has 1 aliphatic rings. The molecule has 110 valence electrons. The Hall–Kier alpha value is -1.85. The maximum absolute atomic E-state index is 13.5. The summed E-state index contributed by atoms with van der Waals surface area (Å²) in [6.45, 7) is 0.929. The van der Waals surface area contributed by atoms with Crippen LogP contribution >= 0.6 is 11.6 Å². The van der Waals surface area contributed by atoms with Gasteiger partial charge < -0.3 is 14.8 Å². The molecule has 3 rings (SSSR count). The lowest BCUT2D eigenvalue weighted by Crippen LogP contribution is -2.13. The Balaban J connectivity index is 1.64. The standard InChI is InChI=1S/C15H12ClF2NO2/c16-12-3-9(4-14-15(12)21-8-20-14)6-19-7-10-1-2-11(17)5-13(10)18/h1-5,19H,6-8H2. The molecule has 0 aromatic heterocycles. The molecule has 0 unspecified atom stereocenters. The van der Waals surface area contributed by atoms with Gasteiger partial charge in [-0.25, -0.2) is 8.78 Å². The van der Waals surface area contributed by atoms with E-state index in [1.165, 1.54) is 12.1 Å². The van der Waals surface area contributed by atoms with Crippen molar-refractivity contribution in [3.8, 4) is 11.5 Å². The minimum atomic E-state index is -0.584. The van der Waals surface area contributed by atoms with Crippen LogP contribution in [0.2, 0.25) is 5.02 Å². The van der Waals surface area contributed by atoms with Crippen LogP contribution in [0.3, 0.4) is 0 Å². The van der Waals surface area contributed by atoms with E-state index in [0.29, 0.717) is 28.6 Å². The van der Waals surface area contributed by atoms with Crippen molar-refractivity contribution in [2.45, 2.75) is 13.1 Å². The van der Waals surface area contributed by atoms with E-state index in [9.17, 15) is 8.78 Å². The Morgan fingerprint density at radius 3 is 2.76 bits per heavy atom. The van der Waals surface area contributed by atoms with Gasteiger partial charge in [-0.1, -0.05) is 17.7 Å². The third-order valence-electron chi connectivity index (χ3n) is 3.15. The topological polar surface area (TPSA) is 30.5 Å². The van der Waals surface area contributed by atoms with Gasteiger partial charge in [0, 0.05) is 24.7 Å². The molecule has 2 aromatic carbocycles. The average molecular weight is 312 g/mol. The first-order valence-corrected chi connectivity index (χ1v) is 6.74. The average Bonchev–Trinajstić information content (AvgIpc) is 2.90. The van der Waals surface area contributed by atoms with E-state index in [4.69, 9.17) is 21.1 Å². The van der Waals surface area contributed by atoms with Gasteiger partial charge in [0.05, 0.1) is 5.02 Å². The summed E-state index contributed by atoms with van der Waals surface area (Å²) < 4.78 is 36.8. The number of hydrogen-bond acceptors (Lipinski definition) is 3. The highest BCUT2D eigenvalue weighted by molar-refractivity contribution is 6.32. The lowest BCUT2D eigenvalue weighted by atomic mass is 10.1. The fraction of sp³-hybridized carbons (Fsp3) is 0.200. The lowest BCUT2D eigenvalue weighted by Gasteiger charge is -2.08. The van der Waals surface area contributed by atoms with Crippen molar-refractivity contribution in [1.82, 2.24) is 5.32 Å². The molecule has 0 saturated carbocycles. The third kappa shape index (κ3) is 3.09. The Morgan fingerprint density at radius 1 is 1.10 bits per heavy atom. The predicted octanol–water partition coefficient (Wildman–Crippen LogP) is 3.64. The Kier molecular flexibility index (Phi) is 3.94. The van der Waals surface area contributed by atoms with Gasteiger partial charge in [-0.15, -0.1) is 0 Å². The number of ether oxygens (including phenoxy) is 2. The second kappa shape index (κ2) is 5.87.